The van der Waals surface area contributed by atoms with Crippen molar-refractivity contribution in [2.75, 3.05) is 0 Å². The van der Waals surface area contributed by atoms with Crippen molar-refractivity contribution in [3.05, 3.63) is 437 Å². The van der Waals surface area contributed by atoms with Crippen LogP contribution in [0.5, 0.6) is 0 Å². The summed E-state index contributed by atoms with van der Waals surface area (Å²) in [7, 11) is 0. The highest BCUT2D eigenvalue weighted by molar-refractivity contribution is 7.27. The Morgan fingerprint density at radius 3 is 0.903 bits per heavy atom. The van der Waals surface area contributed by atoms with Crippen molar-refractivity contribution in [2.45, 2.75) is 0 Å². The normalized spacial score (nSPS) is 11.5. The average Bonchev–Trinajstić information content (AvgIpc) is 1.56. The van der Waals surface area contributed by atoms with Crippen molar-refractivity contribution in [1.29, 1.82) is 0 Å². The number of hydrogen-bond acceptors (Lipinski definition) is 8. The lowest BCUT2D eigenvalue weighted by Crippen LogP contribution is -2.01. The van der Waals surface area contributed by atoms with Gasteiger partial charge in [0.1, 0.15) is 0 Å². The maximum Gasteiger partial charge on any atom is 0.164 e. The maximum absolute atomic E-state index is 5.31. The lowest BCUT2D eigenvalue weighted by atomic mass is 9.90. The molecule has 24 rings (SSSR count). The van der Waals surface area contributed by atoms with E-state index in [1.807, 2.05) is 95.5 Å². The molecule has 10 heteroatoms. The lowest BCUT2D eigenvalue weighted by Gasteiger charge is -2.16. The van der Waals surface area contributed by atoms with Crippen LogP contribution >= 0.6 is 22.7 Å². The first-order valence-electron chi connectivity index (χ1n) is 41.7. The minimum absolute atomic E-state index is 0.623. The van der Waals surface area contributed by atoms with Crippen molar-refractivity contribution in [3.8, 4) is 146 Å². The Balaban J connectivity index is 0.000000143. The Labute approximate surface area is 723 Å². The van der Waals surface area contributed by atoms with Gasteiger partial charge >= 0.3 is 0 Å². The summed E-state index contributed by atoms with van der Waals surface area (Å²) < 4.78 is 9.83. The fourth-order valence-electron chi connectivity index (χ4n) is 18.0. The summed E-state index contributed by atoms with van der Waals surface area (Å²) in [5.41, 5.74) is 26.3. The molecule has 6 heterocycles. The number of fused-ring (bicyclic) bond motifs is 14. The van der Waals surface area contributed by atoms with Gasteiger partial charge in [-0.25, -0.2) is 29.9 Å². The van der Waals surface area contributed by atoms with Gasteiger partial charge in [0.15, 0.2) is 34.9 Å². The molecular weight excluding hydrogens is 1550 g/mol. The van der Waals surface area contributed by atoms with Gasteiger partial charge in [-0.2, -0.15) is 0 Å². The molecular formula is C114H72N8S2. The van der Waals surface area contributed by atoms with E-state index >= 15 is 0 Å². The Morgan fingerprint density at radius 2 is 0.460 bits per heavy atom. The fourth-order valence-corrected chi connectivity index (χ4v) is 20.7. The maximum atomic E-state index is 5.31. The van der Waals surface area contributed by atoms with Gasteiger partial charge in [0.2, 0.25) is 0 Å². The molecule has 0 amide bonds. The SMILES string of the molecule is c1ccc(-c2nc(-c3ccccc3)nc(-c3cc(-c4ccccc4-c4ccccc4)ccc3-c3ccc4c(c3)sc3c4ccc4c3c3ccccc3n4-c3ccccc3)n2)cc1.c1ccc(-c2nc(-c3ccccc3)nc(-c3cc(-c4ccccc4-c4ccccc4)ccc3-c3cccc4c3sc3c4ccc4c3c3ccccc3n4-c3ccccc3)n2)cc1. The van der Waals surface area contributed by atoms with E-state index in [1.54, 1.807) is 0 Å². The van der Waals surface area contributed by atoms with E-state index in [4.69, 9.17) is 29.9 Å². The third-order valence-corrected chi connectivity index (χ3v) is 26.2. The molecule has 0 saturated carbocycles. The van der Waals surface area contributed by atoms with Crippen LogP contribution in [0.4, 0.5) is 0 Å². The molecule has 0 aliphatic heterocycles. The molecule has 0 radical (unpaired) electrons. The van der Waals surface area contributed by atoms with Crippen LogP contribution < -0.4 is 0 Å². The zero-order valence-corrected chi connectivity index (χ0v) is 68.6. The monoisotopic (exact) mass is 1620 g/mol. The van der Waals surface area contributed by atoms with E-state index in [0.29, 0.717) is 34.9 Å². The predicted molar refractivity (Wildman–Crippen MR) is 519 cm³/mol. The molecule has 0 saturated heterocycles. The second kappa shape index (κ2) is 31.3. The van der Waals surface area contributed by atoms with Crippen LogP contribution in [-0.4, -0.2) is 39.0 Å². The number of benzene rings is 18. The van der Waals surface area contributed by atoms with Crippen LogP contribution in [0.2, 0.25) is 0 Å². The smallest absolute Gasteiger partial charge is 0.164 e. The standard InChI is InChI=1S/2C57H36N4S/c1-5-18-37(19-6-1)42-26-13-14-27-43(42)40-32-33-44(49(36-40)57-59-55(38-20-7-2-8-21-38)58-56(60-57)39-22-9-3-10-23-39)45-29-17-30-46-47-34-35-51-52(54(47)62-53(45)46)48-28-15-16-31-50(48)61(51)41-24-11-4-12-25-41;1-5-17-37(18-6-1)43-25-13-14-26-44(43)40-29-31-45(49(35-40)57-59-55(38-19-7-2-8-20-38)58-56(60-57)39-21-9-3-10-22-39)41-30-32-46-47-33-34-51-53(54(47)62-52(46)36-41)48-27-15-16-28-50(48)61(51)42-23-11-4-12-24-42/h2*1-36H. The molecule has 580 valence electrons. The quantitative estimate of drug-likeness (QED) is 0.108. The summed E-state index contributed by atoms with van der Waals surface area (Å²) in [5.74, 6) is 3.78. The largest absolute Gasteiger partial charge is 0.309 e. The Kier molecular flexibility index (Phi) is 18.5. The predicted octanol–water partition coefficient (Wildman–Crippen LogP) is 30.7. The molecule has 0 spiro atoms. The van der Waals surface area contributed by atoms with E-state index in [2.05, 4.69) is 373 Å². The van der Waals surface area contributed by atoms with E-state index in [-0.39, 0.29) is 0 Å². The third-order valence-electron chi connectivity index (χ3n) is 23.8. The fraction of sp³-hybridized carbons (Fsp3) is 0. The zero-order chi connectivity index (χ0) is 82.0. The first kappa shape index (κ1) is 73.2. The number of rotatable bonds is 14. The molecule has 0 unspecified atom stereocenters. The number of thiophene rings is 2. The van der Waals surface area contributed by atoms with Crippen LogP contribution in [0.3, 0.4) is 0 Å². The molecule has 6 aromatic heterocycles. The van der Waals surface area contributed by atoms with Gasteiger partial charge in [-0.15, -0.1) is 22.7 Å². The van der Waals surface area contributed by atoms with Crippen LogP contribution in [0.25, 0.3) is 230 Å². The van der Waals surface area contributed by atoms with Crippen molar-refractivity contribution < 1.29 is 0 Å². The van der Waals surface area contributed by atoms with Crippen molar-refractivity contribution in [3.63, 3.8) is 0 Å². The zero-order valence-electron chi connectivity index (χ0n) is 67.0. The molecule has 8 nitrogen and oxygen atoms in total. The summed E-state index contributed by atoms with van der Waals surface area (Å²) in [4.78, 5) is 31.3. The van der Waals surface area contributed by atoms with Gasteiger partial charge in [-0.3, -0.25) is 0 Å². The number of hydrogen-bond donors (Lipinski definition) is 0. The topological polar surface area (TPSA) is 87.2 Å². The first-order valence-corrected chi connectivity index (χ1v) is 43.3. The molecule has 0 aliphatic carbocycles. The van der Waals surface area contributed by atoms with Crippen molar-refractivity contribution in [1.82, 2.24) is 39.0 Å². The first-order chi connectivity index (χ1) is 61.5. The molecule has 18 aromatic carbocycles. The Bertz CT molecular complexity index is 8080. The van der Waals surface area contributed by atoms with Crippen LogP contribution in [0.1, 0.15) is 0 Å². The van der Waals surface area contributed by atoms with E-state index in [1.165, 1.54) is 106 Å². The van der Waals surface area contributed by atoms with Gasteiger partial charge in [0.05, 0.1) is 22.1 Å². The second-order valence-electron chi connectivity index (χ2n) is 31.1. The molecule has 0 bridgehead atoms. The number of nitrogens with zero attached hydrogens (tertiary/aromatic N) is 8. The van der Waals surface area contributed by atoms with Crippen molar-refractivity contribution in [2.24, 2.45) is 0 Å². The minimum atomic E-state index is 0.623. The van der Waals surface area contributed by atoms with Gasteiger partial charge in [0, 0.05) is 112 Å². The second-order valence-corrected chi connectivity index (χ2v) is 33.1. The van der Waals surface area contributed by atoms with E-state index < -0.39 is 0 Å². The van der Waals surface area contributed by atoms with Gasteiger partial charge in [-0.1, -0.05) is 370 Å². The van der Waals surface area contributed by atoms with Crippen LogP contribution in [-0.2, 0) is 0 Å². The average molecular weight is 1620 g/mol. The lowest BCUT2D eigenvalue weighted by molar-refractivity contribution is 1.07. The molecule has 24 aromatic rings. The Hall–Kier alpha value is -16.0. The van der Waals surface area contributed by atoms with Gasteiger partial charge < -0.3 is 9.13 Å². The summed E-state index contributed by atoms with van der Waals surface area (Å²) in [6.45, 7) is 0. The summed E-state index contributed by atoms with van der Waals surface area (Å²) in [5, 5.41) is 10.1. The van der Waals surface area contributed by atoms with Gasteiger partial charge in [-0.05, 0) is 128 Å². The van der Waals surface area contributed by atoms with E-state index in [0.717, 1.165) is 89.3 Å². The third kappa shape index (κ3) is 13.1. The molecule has 124 heavy (non-hydrogen) atoms. The minimum Gasteiger partial charge on any atom is -0.309 e. The van der Waals surface area contributed by atoms with Crippen LogP contribution in [0.15, 0.2) is 437 Å². The molecule has 0 aliphatic rings. The highest BCUT2D eigenvalue weighted by atomic mass is 32.1. The highest BCUT2D eigenvalue weighted by Crippen LogP contribution is 2.51. The number of aromatic nitrogens is 8. The summed E-state index contributed by atoms with van der Waals surface area (Å²) in [6.07, 6.45) is 0. The molecule has 0 fully saturated rings. The summed E-state index contributed by atoms with van der Waals surface area (Å²) >= 11 is 3.74. The number of para-hydroxylation sites is 4. The Morgan fingerprint density at radius 1 is 0.161 bits per heavy atom. The van der Waals surface area contributed by atoms with E-state index in [9.17, 15) is 0 Å². The van der Waals surface area contributed by atoms with Crippen LogP contribution in [0, 0.1) is 0 Å². The van der Waals surface area contributed by atoms with Crippen molar-refractivity contribution >= 4 is 107 Å². The molecule has 0 N–H and O–H groups in total. The molecule has 0 atom stereocenters. The summed E-state index contributed by atoms with van der Waals surface area (Å²) in [6, 6.07) is 155. The van der Waals surface area contributed by atoms with Gasteiger partial charge in [0.25, 0.3) is 0 Å². The highest BCUT2D eigenvalue weighted by Gasteiger charge is 2.26.